The van der Waals surface area contributed by atoms with Crippen molar-refractivity contribution in [2.24, 2.45) is 5.73 Å². The van der Waals surface area contributed by atoms with E-state index in [1.54, 1.807) is 0 Å². The van der Waals surface area contributed by atoms with Gasteiger partial charge in [-0.3, -0.25) is 18.6 Å². The van der Waals surface area contributed by atoms with Crippen molar-refractivity contribution >= 4 is 19.8 Å². The fraction of sp³-hybridized carbons (Fsp3) is 0.745. The van der Waals surface area contributed by atoms with E-state index in [1.165, 1.54) is 77.0 Å². The molecule has 0 saturated carbocycles. The summed E-state index contributed by atoms with van der Waals surface area (Å²) in [5.74, 6) is -1.79. The van der Waals surface area contributed by atoms with Crippen molar-refractivity contribution in [1.82, 2.24) is 0 Å². The maximum Gasteiger partial charge on any atom is 0.472 e. The second-order valence-electron chi connectivity index (χ2n) is 15.1. The van der Waals surface area contributed by atoms with Gasteiger partial charge in [0, 0.05) is 13.0 Å². The summed E-state index contributed by atoms with van der Waals surface area (Å²) in [6, 6.07) is -1.48. The summed E-state index contributed by atoms with van der Waals surface area (Å²) in [7, 11) is -4.63. The minimum atomic E-state index is -4.63. The van der Waals surface area contributed by atoms with Crippen molar-refractivity contribution in [3.63, 3.8) is 0 Å². The number of carboxylic acids is 1. The van der Waals surface area contributed by atoms with Crippen LogP contribution in [0.5, 0.6) is 0 Å². The van der Waals surface area contributed by atoms with Crippen molar-refractivity contribution < 1.29 is 42.7 Å². The molecule has 0 rings (SSSR count). The van der Waals surface area contributed by atoms with E-state index in [2.05, 4.69) is 74.6 Å². The Morgan fingerprint density at radius 2 is 1.00 bits per heavy atom. The summed E-state index contributed by atoms with van der Waals surface area (Å²) in [4.78, 5) is 33.6. The van der Waals surface area contributed by atoms with Crippen molar-refractivity contribution in [3.8, 4) is 0 Å². The second kappa shape index (κ2) is 42.8. The molecule has 0 spiro atoms. The molecule has 0 aliphatic heterocycles. The zero-order chi connectivity index (χ0) is 42.6. The number of hydrogen-bond acceptors (Lipinski definition) is 8. The molecule has 0 aliphatic rings. The van der Waals surface area contributed by atoms with Gasteiger partial charge in [0.25, 0.3) is 0 Å². The number of carbonyl (C=O) groups excluding carboxylic acids is 1. The van der Waals surface area contributed by atoms with Gasteiger partial charge in [0.2, 0.25) is 0 Å². The molecule has 0 amide bonds. The fourth-order valence-corrected chi connectivity index (χ4v) is 6.78. The largest absolute Gasteiger partial charge is 0.480 e. The van der Waals surface area contributed by atoms with Gasteiger partial charge >= 0.3 is 19.8 Å². The zero-order valence-electron chi connectivity index (χ0n) is 36.6. The molecule has 3 unspecified atom stereocenters. The maximum atomic E-state index is 12.6. The van der Waals surface area contributed by atoms with Gasteiger partial charge in [0.15, 0.2) is 0 Å². The zero-order valence-corrected chi connectivity index (χ0v) is 37.5. The van der Waals surface area contributed by atoms with Gasteiger partial charge in [-0.1, -0.05) is 164 Å². The van der Waals surface area contributed by atoms with Crippen LogP contribution >= 0.6 is 7.82 Å². The Kier molecular flexibility index (Phi) is 41.1. The molecule has 58 heavy (non-hydrogen) atoms. The highest BCUT2D eigenvalue weighted by atomic mass is 31.2. The molecule has 10 nitrogen and oxygen atoms in total. The minimum absolute atomic E-state index is 0.00412. The van der Waals surface area contributed by atoms with E-state index in [9.17, 15) is 19.0 Å². The van der Waals surface area contributed by atoms with Gasteiger partial charge in [-0.15, -0.1) is 0 Å². The van der Waals surface area contributed by atoms with Crippen LogP contribution in [0.15, 0.2) is 60.8 Å². The van der Waals surface area contributed by atoms with Crippen LogP contribution in [-0.2, 0) is 32.7 Å². The van der Waals surface area contributed by atoms with Gasteiger partial charge < -0.3 is 25.2 Å². The summed E-state index contributed by atoms with van der Waals surface area (Å²) >= 11 is 0. The Labute approximate surface area is 353 Å². The normalized spacial score (nSPS) is 14.4. The number of carbonyl (C=O) groups is 2. The van der Waals surface area contributed by atoms with E-state index in [1.807, 2.05) is 0 Å². The summed E-state index contributed by atoms with van der Waals surface area (Å²) in [6.45, 7) is 3.73. The van der Waals surface area contributed by atoms with Crippen LogP contribution < -0.4 is 5.73 Å². The molecule has 0 heterocycles. The molecule has 0 bridgehead atoms. The molecule has 336 valence electrons. The SMILES string of the molecule is CC/C=C\C/C=C\C/C=C\C/C=C\CCCCCCCCCOCC(COP(=O)(O)OCC(N)C(=O)O)OC(=O)CCCCCCC/C=C\CCCCCCCCC. The lowest BCUT2D eigenvalue weighted by Gasteiger charge is -2.20. The van der Waals surface area contributed by atoms with E-state index in [0.717, 1.165) is 83.5 Å². The third kappa shape index (κ3) is 41.8. The standard InChI is InChI=1S/C47H84NO9P/c1-3-5-7-9-11-13-15-17-19-21-22-23-24-26-28-30-32-34-36-38-40-54-41-44(42-55-58(52,53)56-43-45(48)47(50)51)57-46(49)39-37-35-33-31-29-27-25-20-18-16-14-12-10-8-6-4-2/h5,7,11,13,17,19-20,22-23,25,44-45H,3-4,6,8-10,12,14-16,18,21,24,26-43,48H2,1-2H3,(H,50,51)(H,52,53)/b7-5-,13-11-,19-17-,23-22-,25-20-. The van der Waals surface area contributed by atoms with Crippen LogP contribution in [0.3, 0.4) is 0 Å². The average molecular weight is 838 g/mol. The number of rotatable bonds is 43. The Hall–Kier alpha value is -2.33. The first kappa shape index (κ1) is 55.7. The van der Waals surface area contributed by atoms with Gasteiger partial charge in [-0.05, 0) is 77.0 Å². The number of ether oxygens (including phenoxy) is 2. The van der Waals surface area contributed by atoms with Gasteiger partial charge in [0.05, 0.1) is 19.8 Å². The lowest BCUT2D eigenvalue weighted by atomic mass is 10.1. The molecule has 3 atom stereocenters. The summed E-state index contributed by atoms with van der Waals surface area (Å²) < 4.78 is 33.4. The second-order valence-corrected chi connectivity index (χ2v) is 16.6. The van der Waals surface area contributed by atoms with E-state index >= 15 is 0 Å². The topological polar surface area (TPSA) is 155 Å². The first-order chi connectivity index (χ1) is 28.2. The molecule has 0 aromatic heterocycles. The predicted molar refractivity (Wildman–Crippen MR) is 240 cm³/mol. The fourth-order valence-electron chi connectivity index (χ4n) is 6.00. The summed E-state index contributed by atoms with van der Waals surface area (Å²) in [5, 5.41) is 8.90. The van der Waals surface area contributed by atoms with E-state index in [-0.39, 0.29) is 13.0 Å². The van der Waals surface area contributed by atoms with E-state index in [4.69, 9.17) is 29.4 Å². The van der Waals surface area contributed by atoms with Crippen LogP contribution in [0.1, 0.15) is 187 Å². The van der Waals surface area contributed by atoms with Crippen LogP contribution in [0.25, 0.3) is 0 Å². The van der Waals surface area contributed by atoms with Crippen LogP contribution in [0, 0.1) is 0 Å². The number of hydrogen-bond donors (Lipinski definition) is 3. The number of phosphoric acid groups is 1. The molecule has 11 heteroatoms. The lowest BCUT2D eigenvalue weighted by Crippen LogP contribution is -2.34. The van der Waals surface area contributed by atoms with Gasteiger partial charge in [0.1, 0.15) is 12.1 Å². The number of allylic oxidation sites excluding steroid dienone is 10. The molecule has 0 aromatic rings. The number of esters is 1. The predicted octanol–water partition coefficient (Wildman–Crippen LogP) is 12.8. The van der Waals surface area contributed by atoms with E-state index in [0.29, 0.717) is 13.0 Å². The lowest BCUT2D eigenvalue weighted by molar-refractivity contribution is -0.154. The number of aliphatic carboxylic acids is 1. The highest BCUT2D eigenvalue weighted by molar-refractivity contribution is 7.47. The Morgan fingerprint density at radius 1 is 0.569 bits per heavy atom. The molecule has 0 fully saturated rings. The third-order valence-corrected chi connectivity index (χ3v) is 10.5. The van der Waals surface area contributed by atoms with E-state index < -0.39 is 45.1 Å². The van der Waals surface area contributed by atoms with Gasteiger partial charge in [-0.25, -0.2) is 4.57 Å². The number of unbranched alkanes of at least 4 members (excludes halogenated alkanes) is 19. The Morgan fingerprint density at radius 3 is 1.52 bits per heavy atom. The highest BCUT2D eigenvalue weighted by Gasteiger charge is 2.27. The summed E-state index contributed by atoms with van der Waals surface area (Å²) in [6.07, 6.45) is 51.3. The molecule has 4 N–H and O–H groups in total. The van der Waals surface area contributed by atoms with Crippen LogP contribution in [0.4, 0.5) is 0 Å². The third-order valence-electron chi connectivity index (χ3n) is 9.53. The molecule has 0 aromatic carbocycles. The monoisotopic (exact) mass is 838 g/mol. The first-order valence-electron chi connectivity index (χ1n) is 22.8. The molecular formula is C47H84NO9P. The molecule has 0 radical (unpaired) electrons. The number of phosphoric ester groups is 1. The van der Waals surface area contributed by atoms with Gasteiger partial charge in [-0.2, -0.15) is 0 Å². The molecule has 0 saturated heterocycles. The van der Waals surface area contributed by atoms with Crippen molar-refractivity contribution in [2.45, 2.75) is 199 Å². The number of nitrogens with two attached hydrogens (primary N) is 1. The Balaban J connectivity index is 4.25. The summed E-state index contributed by atoms with van der Waals surface area (Å²) in [5.41, 5.74) is 5.36. The molecular weight excluding hydrogens is 753 g/mol. The average Bonchev–Trinajstić information content (AvgIpc) is 3.20. The first-order valence-corrected chi connectivity index (χ1v) is 24.3. The quantitative estimate of drug-likeness (QED) is 0.0234. The van der Waals surface area contributed by atoms with Crippen molar-refractivity contribution in [1.29, 1.82) is 0 Å². The Bertz CT molecular complexity index is 1150. The maximum absolute atomic E-state index is 12.6. The van der Waals surface area contributed by atoms with Crippen molar-refractivity contribution in [3.05, 3.63) is 60.8 Å². The van der Waals surface area contributed by atoms with Crippen molar-refractivity contribution in [2.75, 3.05) is 26.4 Å². The highest BCUT2D eigenvalue weighted by Crippen LogP contribution is 2.43. The minimum Gasteiger partial charge on any atom is -0.480 e. The van der Waals surface area contributed by atoms with Crippen LogP contribution in [0.2, 0.25) is 0 Å². The number of carboxylic acid groups (broad SMARTS) is 1. The van der Waals surface area contributed by atoms with Crippen LogP contribution in [-0.4, -0.2) is 60.5 Å². The molecule has 0 aliphatic carbocycles. The smallest absolute Gasteiger partial charge is 0.472 e.